The molecular formula is C13H14N2O4. The van der Waals surface area contributed by atoms with E-state index in [9.17, 15) is 14.4 Å². The van der Waals surface area contributed by atoms with Crippen molar-refractivity contribution in [3.63, 3.8) is 0 Å². The Balaban J connectivity index is 2.12. The van der Waals surface area contributed by atoms with Crippen LogP contribution in [0.15, 0.2) is 24.3 Å². The average Bonchev–Trinajstić information content (AvgIpc) is 2.85. The molecule has 1 aromatic carbocycles. The zero-order valence-electron chi connectivity index (χ0n) is 10.4. The van der Waals surface area contributed by atoms with Gasteiger partial charge in [-0.1, -0.05) is 12.1 Å². The summed E-state index contributed by atoms with van der Waals surface area (Å²) in [5.74, 6) is -0.991. The maximum Gasteiger partial charge on any atom is 0.339 e. The molecule has 0 bridgehead atoms. The van der Waals surface area contributed by atoms with Gasteiger partial charge in [-0.15, -0.1) is 0 Å². The molecule has 19 heavy (non-hydrogen) atoms. The van der Waals surface area contributed by atoms with Gasteiger partial charge in [-0.3, -0.25) is 9.59 Å². The van der Waals surface area contributed by atoms with Gasteiger partial charge in [0.2, 0.25) is 11.8 Å². The van der Waals surface area contributed by atoms with Crippen LogP contribution in [0.1, 0.15) is 23.2 Å². The third kappa shape index (κ3) is 2.90. The summed E-state index contributed by atoms with van der Waals surface area (Å²) in [4.78, 5) is 34.6. The molecule has 2 N–H and O–H groups in total. The third-order valence-corrected chi connectivity index (χ3v) is 2.90. The molecule has 1 aromatic rings. The Morgan fingerprint density at radius 2 is 2.11 bits per heavy atom. The van der Waals surface area contributed by atoms with Crippen LogP contribution in [0.2, 0.25) is 0 Å². The normalized spacial score (nSPS) is 17.7. The second-order valence-corrected chi connectivity index (χ2v) is 4.19. The first-order chi connectivity index (χ1) is 9.11. The van der Waals surface area contributed by atoms with Gasteiger partial charge in [0.05, 0.1) is 18.4 Å². The van der Waals surface area contributed by atoms with Crippen molar-refractivity contribution >= 4 is 23.5 Å². The number of carbonyl (C=O) groups is 3. The van der Waals surface area contributed by atoms with E-state index in [1.807, 2.05) is 0 Å². The van der Waals surface area contributed by atoms with Gasteiger partial charge < -0.3 is 15.4 Å². The highest BCUT2D eigenvalue weighted by Gasteiger charge is 2.27. The zero-order valence-corrected chi connectivity index (χ0v) is 10.4. The minimum Gasteiger partial charge on any atom is -0.465 e. The Morgan fingerprint density at radius 1 is 1.37 bits per heavy atom. The van der Waals surface area contributed by atoms with Crippen LogP contribution in [0.3, 0.4) is 0 Å². The van der Waals surface area contributed by atoms with Crippen molar-refractivity contribution in [3.05, 3.63) is 29.8 Å². The van der Waals surface area contributed by atoms with Crippen LogP contribution in [0.5, 0.6) is 0 Å². The Hall–Kier alpha value is -2.37. The quantitative estimate of drug-likeness (QED) is 0.785. The lowest BCUT2D eigenvalue weighted by Gasteiger charge is -2.13. The minimum absolute atomic E-state index is 0.138. The lowest BCUT2D eigenvalue weighted by Crippen LogP contribution is -2.37. The fourth-order valence-electron chi connectivity index (χ4n) is 1.91. The Morgan fingerprint density at radius 3 is 2.74 bits per heavy atom. The number of ether oxygens (including phenoxy) is 1. The number of para-hydroxylation sites is 1. The van der Waals surface area contributed by atoms with E-state index in [-0.39, 0.29) is 17.4 Å². The van der Waals surface area contributed by atoms with Crippen LogP contribution in [-0.2, 0) is 14.3 Å². The van der Waals surface area contributed by atoms with Crippen molar-refractivity contribution < 1.29 is 19.1 Å². The molecule has 1 saturated heterocycles. The van der Waals surface area contributed by atoms with E-state index in [1.54, 1.807) is 24.3 Å². The summed E-state index contributed by atoms with van der Waals surface area (Å²) >= 11 is 0. The number of anilines is 1. The van der Waals surface area contributed by atoms with Gasteiger partial charge in [0, 0.05) is 6.42 Å². The number of methoxy groups -OCH3 is 1. The topological polar surface area (TPSA) is 84.5 Å². The molecule has 1 aliphatic rings. The highest BCUT2D eigenvalue weighted by molar-refractivity contribution is 6.04. The summed E-state index contributed by atoms with van der Waals surface area (Å²) in [6, 6.07) is 6.02. The van der Waals surface area contributed by atoms with Crippen LogP contribution in [0, 0.1) is 0 Å². The fraction of sp³-hybridized carbons (Fsp3) is 0.308. The van der Waals surface area contributed by atoms with Crippen LogP contribution in [0.4, 0.5) is 5.69 Å². The molecule has 1 fully saturated rings. The van der Waals surface area contributed by atoms with Crippen molar-refractivity contribution in [2.75, 3.05) is 12.4 Å². The van der Waals surface area contributed by atoms with E-state index < -0.39 is 12.0 Å². The van der Waals surface area contributed by atoms with Crippen LogP contribution in [0.25, 0.3) is 0 Å². The summed E-state index contributed by atoms with van der Waals surface area (Å²) in [5, 5.41) is 5.20. The molecule has 1 heterocycles. The first-order valence-electron chi connectivity index (χ1n) is 5.89. The summed E-state index contributed by atoms with van der Waals surface area (Å²) in [6.45, 7) is 0. The molecule has 1 unspecified atom stereocenters. The number of hydrogen-bond donors (Lipinski definition) is 2. The molecule has 2 amide bonds. The van der Waals surface area contributed by atoms with E-state index in [2.05, 4.69) is 15.4 Å². The fourth-order valence-corrected chi connectivity index (χ4v) is 1.91. The Kier molecular flexibility index (Phi) is 3.79. The van der Waals surface area contributed by atoms with Gasteiger partial charge in [-0.25, -0.2) is 4.79 Å². The van der Waals surface area contributed by atoms with Gasteiger partial charge in [0.25, 0.3) is 0 Å². The smallest absolute Gasteiger partial charge is 0.339 e. The maximum atomic E-state index is 11.9. The van der Waals surface area contributed by atoms with Gasteiger partial charge in [-0.2, -0.15) is 0 Å². The van der Waals surface area contributed by atoms with E-state index in [0.717, 1.165) is 0 Å². The van der Waals surface area contributed by atoms with E-state index in [4.69, 9.17) is 0 Å². The van der Waals surface area contributed by atoms with Crippen LogP contribution in [-0.4, -0.2) is 30.9 Å². The maximum absolute atomic E-state index is 11.9. The zero-order chi connectivity index (χ0) is 13.8. The average molecular weight is 262 g/mol. The summed E-state index contributed by atoms with van der Waals surface area (Å²) in [5.41, 5.74) is 0.656. The van der Waals surface area contributed by atoms with Crippen molar-refractivity contribution in [2.24, 2.45) is 0 Å². The van der Waals surface area contributed by atoms with Crippen molar-refractivity contribution in [1.82, 2.24) is 5.32 Å². The van der Waals surface area contributed by atoms with Crippen molar-refractivity contribution in [1.29, 1.82) is 0 Å². The standard InChI is InChI=1S/C13H14N2O4/c1-19-13(18)8-4-2-3-5-9(8)15-12(17)10-6-7-11(16)14-10/h2-5,10H,6-7H2,1H3,(H,14,16)(H,15,17). The second kappa shape index (κ2) is 5.51. The number of hydrogen-bond acceptors (Lipinski definition) is 4. The largest absolute Gasteiger partial charge is 0.465 e. The summed E-state index contributed by atoms with van der Waals surface area (Å²) < 4.78 is 4.64. The van der Waals surface area contributed by atoms with Gasteiger partial charge in [0.15, 0.2) is 0 Å². The van der Waals surface area contributed by atoms with Crippen LogP contribution >= 0.6 is 0 Å². The van der Waals surface area contributed by atoms with E-state index in [1.165, 1.54) is 7.11 Å². The highest BCUT2D eigenvalue weighted by Crippen LogP contribution is 2.17. The van der Waals surface area contributed by atoms with E-state index >= 15 is 0 Å². The summed E-state index contributed by atoms with van der Waals surface area (Å²) in [6.07, 6.45) is 0.807. The molecule has 0 spiro atoms. The number of amides is 2. The van der Waals surface area contributed by atoms with E-state index in [0.29, 0.717) is 18.5 Å². The molecule has 6 nitrogen and oxygen atoms in total. The molecule has 0 saturated carbocycles. The SMILES string of the molecule is COC(=O)c1ccccc1NC(=O)C1CCC(=O)N1. The molecular weight excluding hydrogens is 248 g/mol. The third-order valence-electron chi connectivity index (χ3n) is 2.90. The Bertz CT molecular complexity index is 527. The molecule has 1 atom stereocenters. The molecule has 1 aliphatic heterocycles. The first kappa shape index (κ1) is 13.1. The number of rotatable bonds is 3. The lowest BCUT2D eigenvalue weighted by atomic mass is 10.1. The first-order valence-corrected chi connectivity index (χ1v) is 5.89. The molecule has 6 heteroatoms. The molecule has 100 valence electrons. The minimum atomic E-state index is -0.543. The van der Waals surface area contributed by atoms with Crippen molar-refractivity contribution in [2.45, 2.75) is 18.9 Å². The second-order valence-electron chi connectivity index (χ2n) is 4.19. The number of benzene rings is 1. The molecule has 0 radical (unpaired) electrons. The molecule has 2 rings (SSSR count). The van der Waals surface area contributed by atoms with Gasteiger partial charge >= 0.3 is 5.97 Å². The lowest BCUT2D eigenvalue weighted by molar-refractivity contribution is -0.122. The van der Waals surface area contributed by atoms with Gasteiger partial charge in [0.1, 0.15) is 6.04 Å². The summed E-state index contributed by atoms with van der Waals surface area (Å²) in [7, 11) is 1.28. The predicted octanol–water partition coefficient (Wildman–Crippen LogP) is 0.690. The number of esters is 1. The predicted molar refractivity (Wildman–Crippen MR) is 67.6 cm³/mol. The molecule has 0 aromatic heterocycles. The van der Waals surface area contributed by atoms with Crippen molar-refractivity contribution in [3.8, 4) is 0 Å². The Labute approximate surface area is 110 Å². The van der Waals surface area contributed by atoms with Crippen LogP contribution < -0.4 is 10.6 Å². The molecule has 0 aliphatic carbocycles. The number of nitrogens with one attached hydrogen (secondary N) is 2. The van der Waals surface area contributed by atoms with Gasteiger partial charge in [-0.05, 0) is 18.6 Å². The number of carbonyl (C=O) groups excluding carboxylic acids is 3. The monoisotopic (exact) mass is 262 g/mol. The highest BCUT2D eigenvalue weighted by atomic mass is 16.5.